The van der Waals surface area contributed by atoms with Gasteiger partial charge < -0.3 is 28.7 Å². The van der Waals surface area contributed by atoms with Crippen LogP contribution in [0.5, 0.6) is 17.2 Å². The normalized spacial score (nSPS) is 13.4. The van der Waals surface area contributed by atoms with Gasteiger partial charge in [-0.2, -0.15) is 5.10 Å². The molecule has 182 valence electrons. The van der Waals surface area contributed by atoms with Gasteiger partial charge in [-0.1, -0.05) is 6.07 Å². The van der Waals surface area contributed by atoms with Crippen molar-refractivity contribution in [3.63, 3.8) is 0 Å². The van der Waals surface area contributed by atoms with Crippen molar-refractivity contribution >= 4 is 23.7 Å². The lowest BCUT2D eigenvalue weighted by molar-refractivity contribution is -0.137. The number of morpholine rings is 1. The summed E-state index contributed by atoms with van der Waals surface area (Å²) in [5.74, 6) is 1.000. The van der Waals surface area contributed by atoms with Gasteiger partial charge in [0, 0.05) is 38.9 Å². The van der Waals surface area contributed by atoms with E-state index in [0.717, 1.165) is 5.69 Å². The summed E-state index contributed by atoms with van der Waals surface area (Å²) in [5, 5.41) is 3.96. The largest absolute Gasteiger partial charge is 0.493 e. The summed E-state index contributed by atoms with van der Waals surface area (Å²) in [6.07, 6.45) is 1.48. The Morgan fingerprint density at radius 3 is 2.62 bits per heavy atom. The van der Waals surface area contributed by atoms with Crippen LogP contribution in [0, 0.1) is 0 Å². The van der Waals surface area contributed by atoms with E-state index >= 15 is 0 Å². The van der Waals surface area contributed by atoms with Gasteiger partial charge >= 0.3 is 0 Å². The number of nitrogens with one attached hydrogen (secondary N) is 1. The number of hydrogen-bond acceptors (Lipinski definition) is 8. The molecule has 0 bridgehead atoms. The van der Waals surface area contributed by atoms with Crippen molar-refractivity contribution in [1.82, 2.24) is 10.3 Å². The number of anilines is 1. The molecule has 0 radical (unpaired) electrons. The number of benzene rings is 2. The molecular weight excluding hydrogens is 440 g/mol. The number of nitrogens with zero attached hydrogens (tertiary/aromatic N) is 3. The standard InChI is InChI=1S/C24H30N4O6/c1-27(2)19-5-4-6-20(14-19)33-16-23(29)26-25-15-18-7-8-21(22(13-18)31-3)34-17-24(30)28-9-11-32-12-10-28/h4-8,13-15H,9-12,16-17H2,1-3H3,(H,26,29)/b25-15+. The molecule has 34 heavy (non-hydrogen) atoms. The number of hydrazone groups is 1. The van der Waals surface area contributed by atoms with Crippen LogP contribution < -0.4 is 24.5 Å². The predicted molar refractivity (Wildman–Crippen MR) is 128 cm³/mol. The van der Waals surface area contributed by atoms with Crippen LogP contribution in [-0.2, 0) is 14.3 Å². The van der Waals surface area contributed by atoms with Gasteiger partial charge in [0.2, 0.25) is 0 Å². The Hall–Kier alpha value is -3.79. The number of amides is 2. The maximum atomic E-state index is 12.3. The van der Waals surface area contributed by atoms with Crippen LogP contribution in [-0.4, -0.2) is 83.7 Å². The maximum absolute atomic E-state index is 12.3. The second kappa shape index (κ2) is 12.4. The average molecular weight is 471 g/mol. The Balaban J connectivity index is 1.48. The van der Waals surface area contributed by atoms with Gasteiger partial charge in [0.1, 0.15) is 5.75 Å². The van der Waals surface area contributed by atoms with Crippen LogP contribution in [0.3, 0.4) is 0 Å². The van der Waals surface area contributed by atoms with Crippen LogP contribution in [0.2, 0.25) is 0 Å². The Kier molecular flexibility index (Phi) is 9.10. The van der Waals surface area contributed by atoms with Crippen LogP contribution in [0.15, 0.2) is 47.6 Å². The minimum atomic E-state index is -0.389. The van der Waals surface area contributed by atoms with Crippen LogP contribution in [0.25, 0.3) is 0 Å². The third-order valence-corrected chi connectivity index (χ3v) is 5.01. The monoisotopic (exact) mass is 470 g/mol. The molecule has 1 N–H and O–H groups in total. The van der Waals surface area contributed by atoms with Crippen LogP contribution in [0.4, 0.5) is 5.69 Å². The Morgan fingerprint density at radius 2 is 1.88 bits per heavy atom. The van der Waals surface area contributed by atoms with E-state index in [0.29, 0.717) is 49.1 Å². The average Bonchev–Trinajstić information content (AvgIpc) is 2.87. The zero-order valence-electron chi connectivity index (χ0n) is 19.7. The Bertz CT molecular complexity index is 1000. The minimum absolute atomic E-state index is 0.0860. The fourth-order valence-corrected chi connectivity index (χ4v) is 3.14. The SMILES string of the molecule is COc1cc(/C=N/NC(=O)COc2cccc(N(C)C)c2)ccc1OCC(=O)N1CCOCC1. The molecule has 1 heterocycles. The molecule has 10 heteroatoms. The number of ether oxygens (including phenoxy) is 4. The van der Waals surface area contributed by atoms with E-state index in [1.54, 1.807) is 29.2 Å². The molecule has 10 nitrogen and oxygen atoms in total. The van der Waals surface area contributed by atoms with Gasteiger partial charge in [-0.15, -0.1) is 0 Å². The van der Waals surface area contributed by atoms with E-state index in [4.69, 9.17) is 18.9 Å². The molecule has 0 unspecified atom stereocenters. The van der Waals surface area contributed by atoms with Gasteiger partial charge in [-0.3, -0.25) is 9.59 Å². The van der Waals surface area contributed by atoms with Gasteiger partial charge in [-0.25, -0.2) is 5.43 Å². The van der Waals surface area contributed by atoms with Crippen molar-refractivity contribution < 1.29 is 28.5 Å². The summed E-state index contributed by atoms with van der Waals surface area (Å²) in [4.78, 5) is 28.0. The van der Waals surface area contributed by atoms with E-state index < -0.39 is 0 Å². The molecule has 0 spiro atoms. The highest BCUT2D eigenvalue weighted by molar-refractivity contribution is 5.84. The number of hydrogen-bond donors (Lipinski definition) is 1. The number of methoxy groups -OCH3 is 1. The first-order valence-corrected chi connectivity index (χ1v) is 10.8. The molecule has 0 aliphatic carbocycles. The Labute approximate surface area is 199 Å². The highest BCUT2D eigenvalue weighted by Gasteiger charge is 2.18. The van der Waals surface area contributed by atoms with Crippen molar-refractivity contribution in [3.05, 3.63) is 48.0 Å². The lowest BCUT2D eigenvalue weighted by Crippen LogP contribution is -2.43. The van der Waals surface area contributed by atoms with E-state index in [2.05, 4.69) is 10.5 Å². The predicted octanol–water partition coefficient (Wildman–Crippen LogP) is 1.53. The second-order valence-corrected chi connectivity index (χ2v) is 7.67. The molecule has 2 aromatic carbocycles. The van der Waals surface area contributed by atoms with Crippen molar-refractivity contribution in [2.45, 2.75) is 0 Å². The summed E-state index contributed by atoms with van der Waals surface area (Å²) in [6.45, 7) is 1.95. The van der Waals surface area contributed by atoms with Crippen molar-refractivity contribution in [1.29, 1.82) is 0 Å². The number of carbonyl (C=O) groups excluding carboxylic acids is 2. The zero-order chi connectivity index (χ0) is 24.3. The first kappa shape index (κ1) is 24.8. The molecule has 0 aromatic heterocycles. The lowest BCUT2D eigenvalue weighted by atomic mass is 10.2. The van der Waals surface area contributed by atoms with Gasteiger partial charge in [0.25, 0.3) is 11.8 Å². The lowest BCUT2D eigenvalue weighted by Gasteiger charge is -2.26. The third-order valence-electron chi connectivity index (χ3n) is 5.01. The molecule has 1 aliphatic heterocycles. The maximum Gasteiger partial charge on any atom is 0.277 e. The van der Waals surface area contributed by atoms with Gasteiger partial charge in [0.15, 0.2) is 24.7 Å². The van der Waals surface area contributed by atoms with Crippen molar-refractivity contribution in [3.8, 4) is 17.2 Å². The molecule has 1 aliphatic rings. The minimum Gasteiger partial charge on any atom is -0.493 e. The third kappa shape index (κ3) is 7.38. The van der Waals surface area contributed by atoms with E-state index in [9.17, 15) is 9.59 Å². The first-order chi connectivity index (χ1) is 16.5. The van der Waals surface area contributed by atoms with Crippen LogP contribution >= 0.6 is 0 Å². The summed E-state index contributed by atoms with van der Waals surface area (Å²) in [6, 6.07) is 12.6. The summed E-state index contributed by atoms with van der Waals surface area (Å²) < 4.78 is 21.8. The van der Waals surface area contributed by atoms with E-state index in [1.165, 1.54) is 13.3 Å². The van der Waals surface area contributed by atoms with Crippen LogP contribution in [0.1, 0.15) is 5.56 Å². The van der Waals surface area contributed by atoms with Gasteiger partial charge in [0.05, 0.1) is 26.5 Å². The zero-order valence-corrected chi connectivity index (χ0v) is 19.7. The topological polar surface area (TPSA) is 102 Å². The number of carbonyl (C=O) groups is 2. The van der Waals surface area contributed by atoms with Gasteiger partial charge in [-0.05, 0) is 35.9 Å². The second-order valence-electron chi connectivity index (χ2n) is 7.67. The van der Waals surface area contributed by atoms with E-state index in [1.807, 2.05) is 37.2 Å². The molecule has 1 fully saturated rings. The molecule has 0 atom stereocenters. The molecule has 3 rings (SSSR count). The molecule has 1 saturated heterocycles. The van der Waals surface area contributed by atoms with Crippen molar-refractivity contribution in [2.75, 3.05) is 65.6 Å². The first-order valence-electron chi connectivity index (χ1n) is 10.8. The highest BCUT2D eigenvalue weighted by Crippen LogP contribution is 2.27. The number of rotatable bonds is 10. The molecule has 0 saturated carbocycles. The fraction of sp³-hybridized carbons (Fsp3) is 0.375. The molecule has 2 aromatic rings. The quantitative estimate of drug-likeness (QED) is 0.415. The fourth-order valence-electron chi connectivity index (χ4n) is 3.14. The van der Waals surface area contributed by atoms with Crippen molar-refractivity contribution in [2.24, 2.45) is 5.10 Å². The summed E-state index contributed by atoms with van der Waals surface area (Å²) >= 11 is 0. The summed E-state index contributed by atoms with van der Waals surface area (Å²) in [7, 11) is 5.37. The smallest absolute Gasteiger partial charge is 0.277 e. The van der Waals surface area contributed by atoms with E-state index in [-0.39, 0.29) is 25.0 Å². The Morgan fingerprint density at radius 1 is 1.09 bits per heavy atom. The summed E-state index contributed by atoms with van der Waals surface area (Å²) in [5.41, 5.74) is 4.09. The highest BCUT2D eigenvalue weighted by atomic mass is 16.5. The molecule has 2 amide bonds. The molecular formula is C24H30N4O6.